The fraction of sp³-hybridized carbons (Fsp3) is 0.857. The molecule has 0 bridgehead atoms. The van der Waals surface area contributed by atoms with Gasteiger partial charge in [-0.3, -0.25) is 9.69 Å². The van der Waals surface area contributed by atoms with Crippen molar-refractivity contribution in [3.05, 3.63) is 0 Å². The summed E-state index contributed by atoms with van der Waals surface area (Å²) in [5.74, 6) is 0.393. The molecule has 3 N–H and O–H groups in total. The van der Waals surface area contributed by atoms with E-state index in [1.54, 1.807) is 0 Å². The van der Waals surface area contributed by atoms with E-state index in [-0.39, 0.29) is 23.8 Å². The Hall–Kier alpha value is -1.34. The van der Waals surface area contributed by atoms with E-state index >= 15 is 0 Å². The normalized spacial score (nSPS) is 28.9. The maximum Gasteiger partial charge on any atom is 0.228 e. The van der Waals surface area contributed by atoms with Crippen molar-refractivity contribution in [2.45, 2.75) is 38.8 Å². The highest BCUT2D eigenvalue weighted by Crippen LogP contribution is 2.23. The van der Waals surface area contributed by atoms with E-state index < -0.39 is 5.54 Å². The van der Waals surface area contributed by atoms with Crippen molar-refractivity contribution in [2.75, 3.05) is 32.8 Å². The van der Waals surface area contributed by atoms with Gasteiger partial charge < -0.3 is 20.6 Å². The highest BCUT2D eigenvalue weighted by Gasteiger charge is 2.37. The van der Waals surface area contributed by atoms with Crippen LogP contribution in [0.2, 0.25) is 0 Å². The second-order valence-electron chi connectivity index (χ2n) is 6.43. The molecule has 2 rings (SSSR count). The zero-order valence-corrected chi connectivity index (χ0v) is 13.1. The minimum Gasteiger partial charge on any atom is -0.409 e. The van der Waals surface area contributed by atoms with Gasteiger partial charge in [0.1, 0.15) is 0 Å². The fourth-order valence-corrected chi connectivity index (χ4v) is 3.02. The van der Waals surface area contributed by atoms with E-state index in [1.165, 1.54) is 0 Å². The summed E-state index contributed by atoms with van der Waals surface area (Å²) in [4.78, 5) is 16.5. The van der Waals surface area contributed by atoms with Gasteiger partial charge in [-0.25, -0.2) is 0 Å². The summed E-state index contributed by atoms with van der Waals surface area (Å²) in [7, 11) is 0. The molecule has 2 saturated heterocycles. The molecule has 0 aromatic carbocycles. The number of piperazine rings is 1. The number of hydrogen-bond acceptors (Lipinski definition) is 5. The average molecular weight is 298 g/mol. The first-order valence-corrected chi connectivity index (χ1v) is 7.49. The zero-order valence-electron chi connectivity index (χ0n) is 13.1. The van der Waals surface area contributed by atoms with Crippen molar-refractivity contribution in [3.8, 4) is 0 Å². The largest absolute Gasteiger partial charge is 0.409 e. The molecule has 2 heterocycles. The number of carbonyl (C=O) groups excluding carboxylic acids is 1. The van der Waals surface area contributed by atoms with E-state index in [2.05, 4.69) is 10.1 Å². The van der Waals surface area contributed by atoms with Gasteiger partial charge in [-0.15, -0.1) is 0 Å². The molecule has 2 aliphatic rings. The fourth-order valence-electron chi connectivity index (χ4n) is 3.02. The van der Waals surface area contributed by atoms with Gasteiger partial charge >= 0.3 is 0 Å². The van der Waals surface area contributed by atoms with Crippen LogP contribution in [0.15, 0.2) is 5.16 Å². The van der Waals surface area contributed by atoms with Crippen LogP contribution in [0.5, 0.6) is 0 Å². The predicted molar refractivity (Wildman–Crippen MR) is 79.2 cm³/mol. The second-order valence-corrected chi connectivity index (χ2v) is 6.43. The molecule has 7 nitrogen and oxygen atoms in total. The lowest BCUT2D eigenvalue weighted by Gasteiger charge is -2.43. The highest BCUT2D eigenvalue weighted by molar-refractivity contribution is 5.88. The highest BCUT2D eigenvalue weighted by atomic mass is 16.5. The molecular weight excluding hydrogens is 272 g/mol. The molecular formula is C14H26N4O3. The number of amidine groups is 1. The molecule has 0 spiro atoms. The number of hydrogen-bond donors (Lipinski definition) is 2. The number of oxime groups is 1. The van der Waals surface area contributed by atoms with Crippen LogP contribution in [0.25, 0.3) is 0 Å². The van der Waals surface area contributed by atoms with Crippen LogP contribution in [0.1, 0.15) is 27.2 Å². The first-order valence-electron chi connectivity index (χ1n) is 7.49. The standard InChI is InChI=1S/C14H26N4O3/c1-10-8-11(9-21-10)12(19)17-4-6-18(7-5-17)14(2,3)13(15)16-20/h10-11,20H,4-9H2,1-3H3,(H2,15,16). The number of ether oxygens (including phenoxy) is 1. The van der Waals surface area contributed by atoms with Crippen molar-refractivity contribution in [2.24, 2.45) is 16.8 Å². The molecule has 2 atom stereocenters. The molecule has 2 fully saturated rings. The minimum atomic E-state index is -0.505. The Morgan fingerprint density at radius 2 is 1.95 bits per heavy atom. The third-order valence-electron chi connectivity index (χ3n) is 4.66. The van der Waals surface area contributed by atoms with Crippen LogP contribution in [-0.4, -0.2) is 71.2 Å². The second kappa shape index (κ2) is 6.19. The van der Waals surface area contributed by atoms with Crippen molar-refractivity contribution in [3.63, 3.8) is 0 Å². The van der Waals surface area contributed by atoms with Crippen molar-refractivity contribution in [1.82, 2.24) is 9.80 Å². The number of nitrogens with two attached hydrogens (primary N) is 1. The molecule has 0 radical (unpaired) electrons. The Morgan fingerprint density at radius 1 is 1.33 bits per heavy atom. The number of carbonyl (C=O) groups is 1. The van der Waals surface area contributed by atoms with Gasteiger partial charge in [-0.05, 0) is 27.2 Å². The van der Waals surface area contributed by atoms with E-state index in [1.807, 2.05) is 25.7 Å². The average Bonchev–Trinajstić information content (AvgIpc) is 2.92. The van der Waals surface area contributed by atoms with Crippen molar-refractivity contribution >= 4 is 11.7 Å². The summed E-state index contributed by atoms with van der Waals surface area (Å²) in [6.07, 6.45) is 0.994. The Bertz CT molecular complexity index is 416. The van der Waals surface area contributed by atoms with Gasteiger partial charge in [0.05, 0.1) is 24.2 Å². The summed E-state index contributed by atoms with van der Waals surface area (Å²) >= 11 is 0. The summed E-state index contributed by atoms with van der Waals surface area (Å²) in [5, 5.41) is 12.0. The minimum absolute atomic E-state index is 0.00336. The lowest BCUT2D eigenvalue weighted by molar-refractivity contribution is -0.137. The molecule has 0 aromatic rings. The van der Waals surface area contributed by atoms with E-state index in [4.69, 9.17) is 15.7 Å². The van der Waals surface area contributed by atoms with Crippen molar-refractivity contribution in [1.29, 1.82) is 0 Å². The van der Waals surface area contributed by atoms with Crippen LogP contribution < -0.4 is 5.73 Å². The summed E-state index contributed by atoms with van der Waals surface area (Å²) in [6.45, 7) is 9.17. The molecule has 120 valence electrons. The van der Waals surface area contributed by atoms with Gasteiger partial charge in [0.2, 0.25) is 5.91 Å². The first-order chi connectivity index (χ1) is 9.86. The maximum absolute atomic E-state index is 12.4. The van der Waals surface area contributed by atoms with Crippen LogP contribution in [0, 0.1) is 5.92 Å². The molecule has 0 aliphatic carbocycles. The van der Waals surface area contributed by atoms with Crippen molar-refractivity contribution < 1.29 is 14.7 Å². The Kier molecular flexibility index (Phi) is 4.73. The number of nitrogens with zero attached hydrogens (tertiary/aromatic N) is 3. The summed E-state index contributed by atoms with van der Waals surface area (Å²) in [5.41, 5.74) is 5.25. The zero-order chi connectivity index (χ0) is 15.6. The number of rotatable bonds is 3. The van der Waals surface area contributed by atoms with Gasteiger partial charge in [0, 0.05) is 26.2 Å². The Morgan fingerprint density at radius 3 is 2.43 bits per heavy atom. The molecule has 2 aliphatic heterocycles. The SMILES string of the molecule is CC1CC(C(=O)N2CCN(C(C)(C)C(N)=NO)CC2)CO1. The Labute approximate surface area is 125 Å². The monoisotopic (exact) mass is 298 g/mol. The smallest absolute Gasteiger partial charge is 0.228 e. The summed E-state index contributed by atoms with van der Waals surface area (Å²) < 4.78 is 5.48. The molecule has 7 heteroatoms. The lowest BCUT2D eigenvalue weighted by atomic mass is 9.99. The molecule has 2 unspecified atom stereocenters. The van der Waals surface area contributed by atoms with Gasteiger partial charge in [0.15, 0.2) is 5.84 Å². The topological polar surface area (TPSA) is 91.4 Å². The van der Waals surface area contributed by atoms with Gasteiger partial charge in [0.25, 0.3) is 0 Å². The third-order valence-corrected chi connectivity index (χ3v) is 4.66. The van der Waals surface area contributed by atoms with Crippen LogP contribution in [0.3, 0.4) is 0 Å². The van der Waals surface area contributed by atoms with E-state index in [9.17, 15) is 4.79 Å². The van der Waals surface area contributed by atoms with Crippen LogP contribution in [0.4, 0.5) is 0 Å². The molecule has 0 saturated carbocycles. The van der Waals surface area contributed by atoms with Gasteiger partial charge in [-0.2, -0.15) is 0 Å². The first kappa shape index (κ1) is 16.0. The van der Waals surface area contributed by atoms with Crippen LogP contribution in [-0.2, 0) is 9.53 Å². The number of amides is 1. The van der Waals surface area contributed by atoms with Crippen LogP contribution >= 0.6 is 0 Å². The lowest BCUT2D eigenvalue weighted by Crippen LogP contribution is -2.60. The third kappa shape index (κ3) is 3.29. The van der Waals surface area contributed by atoms with Gasteiger partial charge in [-0.1, -0.05) is 5.16 Å². The predicted octanol–water partition coefficient (Wildman–Crippen LogP) is 0.0806. The molecule has 0 aromatic heterocycles. The maximum atomic E-state index is 12.4. The van der Waals surface area contributed by atoms with E-state index in [0.29, 0.717) is 19.7 Å². The molecule has 21 heavy (non-hydrogen) atoms. The molecule has 1 amide bonds. The quantitative estimate of drug-likeness (QED) is 0.333. The summed E-state index contributed by atoms with van der Waals surface area (Å²) in [6, 6.07) is 0. The Balaban J connectivity index is 1.90. The van der Waals surface area contributed by atoms with E-state index in [0.717, 1.165) is 19.5 Å².